The van der Waals surface area contributed by atoms with Gasteiger partial charge >= 0.3 is 5.97 Å². The smallest absolute Gasteiger partial charge is 0.337 e. The molecule has 230 valence electrons. The van der Waals surface area contributed by atoms with Crippen LogP contribution >= 0.6 is 34.8 Å². The van der Waals surface area contributed by atoms with Crippen molar-refractivity contribution < 1.29 is 23.5 Å². The van der Waals surface area contributed by atoms with Crippen LogP contribution in [0.4, 0.5) is 10.1 Å². The van der Waals surface area contributed by atoms with Crippen LogP contribution < -0.4 is 21.1 Å². The van der Waals surface area contributed by atoms with E-state index in [1.165, 1.54) is 32.4 Å². The Morgan fingerprint density at radius 3 is 2.28 bits per heavy atom. The first-order valence-corrected chi connectivity index (χ1v) is 14.8. The number of benzene rings is 3. The van der Waals surface area contributed by atoms with E-state index in [0.29, 0.717) is 33.3 Å². The standard InChI is InChI=1S/C32H35Cl3FN3O4/c1-31(2,3)15-26-32(16-37,21-10-8-19(34)14-23(21)36)27(20-9-7-18(33)13-22(20)35)28(39-26)29(40)38-24-11-6-17(30(41)43-5)12-25(24)42-4/h6-14,26-28,39H,15-16,37H2,1-5H3,(H,38,40)/t26-,27+,28+,32-/m0/s1. The van der Waals surface area contributed by atoms with Gasteiger partial charge in [0.1, 0.15) is 11.6 Å². The third kappa shape index (κ3) is 6.64. The highest BCUT2D eigenvalue weighted by Gasteiger charge is 2.59. The predicted molar refractivity (Wildman–Crippen MR) is 169 cm³/mol. The Balaban J connectivity index is 1.91. The summed E-state index contributed by atoms with van der Waals surface area (Å²) in [6.07, 6.45) is 0.550. The number of nitrogens with two attached hydrogens (primary N) is 1. The molecule has 43 heavy (non-hydrogen) atoms. The lowest BCUT2D eigenvalue weighted by Gasteiger charge is -2.42. The van der Waals surface area contributed by atoms with E-state index in [4.69, 9.17) is 50.0 Å². The minimum atomic E-state index is -1.12. The molecule has 0 radical (unpaired) electrons. The Morgan fingerprint density at radius 1 is 1.02 bits per heavy atom. The van der Waals surface area contributed by atoms with Crippen LogP contribution in [0.1, 0.15) is 54.6 Å². The molecule has 1 aliphatic heterocycles. The fourth-order valence-electron chi connectivity index (χ4n) is 6.12. The average Bonchev–Trinajstić information content (AvgIpc) is 3.25. The number of methoxy groups -OCH3 is 2. The van der Waals surface area contributed by atoms with E-state index in [2.05, 4.69) is 31.4 Å². The van der Waals surface area contributed by atoms with Gasteiger partial charge in [-0.2, -0.15) is 0 Å². The largest absolute Gasteiger partial charge is 0.495 e. The summed E-state index contributed by atoms with van der Waals surface area (Å²) < 4.78 is 26.2. The second kappa shape index (κ2) is 13.0. The zero-order valence-electron chi connectivity index (χ0n) is 24.6. The van der Waals surface area contributed by atoms with Crippen molar-refractivity contribution in [2.24, 2.45) is 11.1 Å². The van der Waals surface area contributed by atoms with Crippen LogP contribution in [-0.2, 0) is 14.9 Å². The van der Waals surface area contributed by atoms with Crippen LogP contribution in [-0.4, -0.2) is 44.7 Å². The van der Waals surface area contributed by atoms with Crippen molar-refractivity contribution in [1.29, 1.82) is 0 Å². The molecule has 1 aliphatic rings. The molecular weight excluding hydrogens is 616 g/mol. The maximum absolute atomic E-state index is 15.9. The fraction of sp³-hybridized carbons (Fsp3) is 0.375. The second-order valence-electron chi connectivity index (χ2n) is 11.9. The van der Waals surface area contributed by atoms with Gasteiger partial charge in [0, 0.05) is 39.0 Å². The molecule has 0 aromatic heterocycles. The maximum Gasteiger partial charge on any atom is 0.337 e. The summed E-state index contributed by atoms with van der Waals surface area (Å²) in [4.78, 5) is 26.3. The van der Waals surface area contributed by atoms with Gasteiger partial charge in [-0.1, -0.05) is 67.7 Å². The topological polar surface area (TPSA) is 103 Å². The summed E-state index contributed by atoms with van der Waals surface area (Å²) >= 11 is 19.2. The molecule has 0 spiro atoms. The van der Waals surface area contributed by atoms with Gasteiger partial charge in [0.25, 0.3) is 0 Å². The number of carbonyl (C=O) groups excluding carboxylic acids is 2. The molecule has 11 heteroatoms. The van der Waals surface area contributed by atoms with Crippen LogP contribution in [0.2, 0.25) is 15.1 Å². The first kappa shape index (κ1) is 33.0. The van der Waals surface area contributed by atoms with Crippen LogP contribution in [0.25, 0.3) is 0 Å². The summed E-state index contributed by atoms with van der Waals surface area (Å²) in [6, 6.07) is 12.7. The van der Waals surface area contributed by atoms with E-state index in [1.807, 2.05) is 0 Å². The van der Waals surface area contributed by atoms with Crippen molar-refractivity contribution >= 4 is 52.4 Å². The Bertz CT molecular complexity index is 1530. The number of carbonyl (C=O) groups is 2. The number of amides is 1. The molecule has 0 saturated carbocycles. The van der Waals surface area contributed by atoms with Crippen LogP contribution in [0, 0.1) is 11.2 Å². The summed E-state index contributed by atoms with van der Waals surface area (Å²) in [5.74, 6) is -1.98. The van der Waals surface area contributed by atoms with Gasteiger partial charge in [-0.15, -0.1) is 0 Å². The van der Waals surface area contributed by atoms with Crippen LogP contribution in [0.3, 0.4) is 0 Å². The first-order chi connectivity index (χ1) is 20.2. The molecule has 3 aromatic rings. The molecule has 3 aromatic carbocycles. The molecule has 7 nitrogen and oxygen atoms in total. The predicted octanol–water partition coefficient (Wildman–Crippen LogP) is 6.98. The maximum atomic E-state index is 15.9. The number of anilines is 1. The summed E-state index contributed by atoms with van der Waals surface area (Å²) in [6.45, 7) is 6.20. The van der Waals surface area contributed by atoms with Gasteiger partial charge in [0.05, 0.1) is 31.5 Å². The molecule has 1 heterocycles. The third-order valence-electron chi connectivity index (χ3n) is 7.94. The summed E-state index contributed by atoms with van der Waals surface area (Å²) in [7, 11) is 2.71. The summed E-state index contributed by atoms with van der Waals surface area (Å²) in [5, 5.41) is 7.43. The molecule has 1 saturated heterocycles. The van der Waals surface area contributed by atoms with Crippen molar-refractivity contribution in [2.45, 2.75) is 50.6 Å². The first-order valence-electron chi connectivity index (χ1n) is 13.7. The van der Waals surface area contributed by atoms with E-state index in [9.17, 15) is 9.59 Å². The molecule has 1 fully saturated rings. The van der Waals surface area contributed by atoms with E-state index < -0.39 is 41.1 Å². The molecule has 0 aliphatic carbocycles. The zero-order chi connectivity index (χ0) is 31.7. The van der Waals surface area contributed by atoms with Crippen molar-refractivity contribution in [2.75, 3.05) is 26.1 Å². The van der Waals surface area contributed by atoms with Crippen molar-refractivity contribution in [3.8, 4) is 5.75 Å². The normalized spacial score (nSPS) is 21.9. The lowest BCUT2D eigenvalue weighted by atomic mass is 9.62. The average molecular weight is 651 g/mol. The highest BCUT2D eigenvalue weighted by molar-refractivity contribution is 6.35. The lowest BCUT2D eigenvalue weighted by Crippen LogP contribution is -2.50. The van der Waals surface area contributed by atoms with Gasteiger partial charge in [-0.3, -0.25) is 4.79 Å². The highest BCUT2D eigenvalue weighted by Crippen LogP contribution is 2.53. The summed E-state index contributed by atoms with van der Waals surface area (Å²) in [5.41, 5.74) is 6.79. The Labute approximate surface area is 266 Å². The van der Waals surface area contributed by atoms with E-state index >= 15 is 4.39 Å². The van der Waals surface area contributed by atoms with Crippen molar-refractivity contribution in [1.82, 2.24) is 5.32 Å². The monoisotopic (exact) mass is 649 g/mol. The molecule has 0 bridgehead atoms. The van der Waals surface area contributed by atoms with E-state index in [-0.39, 0.29) is 28.3 Å². The lowest BCUT2D eigenvalue weighted by molar-refractivity contribution is -0.118. The number of esters is 1. The Morgan fingerprint density at radius 2 is 1.70 bits per heavy atom. The number of rotatable bonds is 8. The van der Waals surface area contributed by atoms with Crippen LogP contribution in [0.5, 0.6) is 5.75 Å². The Hall–Kier alpha value is -2.88. The minimum absolute atomic E-state index is 0.0101. The molecule has 4 rings (SSSR count). The Kier molecular flexibility index (Phi) is 9.99. The number of nitrogens with one attached hydrogen (secondary N) is 2. The SMILES string of the molecule is COC(=O)c1ccc(NC(=O)[C@@H]2N[C@@H](CC(C)(C)C)[C@](CN)(c3ccc(Cl)cc3F)[C@@H]2c2ccc(Cl)cc2Cl)c(OC)c1. The van der Waals surface area contributed by atoms with Gasteiger partial charge in [-0.05, 0) is 65.4 Å². The van der Waals surface area contributed by atoms with Gasteiger partial charge in [0.15, 0.2) is 0 Å². The van der Waals surface area contributed by atoms with Gasteiger partial charge in [0.2, 0.25) is 5.91 Å². The number of hydrogen-bond acceptors (Lipinski definition) is 6. The van der Waals surface area contributed by atoms with E-state index in [1.54, 1.807) is 36.4 Å². The van der Waals surface area contributed by atoms with E-state index in [0.717, 1.165) is 0 Å². The molecule has 0 unspecified atom stereocenters. The molecule has 4 N–H and O–H groups in total. The van der Waals surface area contributed by atoms with Gasteiger partial charge in [-0.25, -0.2) is 9.18 Å². The van der Waals surface area contributed by atoms with Crippen molar-refractivity contribution in [3.05, 3.63) is 92.2 Å². The number of hydrogen-bond donors (Lipinski definition) is 3. The third-order valence-corrected chi connectivity index (χ3v) is 8.74. The molecular formula is C32H35Cl3FN3O4. The second-order valence-corrected chi connectivity index (χ2v) is 13.1. The quantitative estimate of drug-likeness (QED) is 0.228. The zero-order valence-corrected chi connectivity index (χ0v) is 26.8. The minimum Gasteiger partial charge on any atom is -0.495 e. The molecule has 1 amide bonds. The number of ether oxygens (including phenoxy) is 2. The van der Waals surface area contributed by atoms with Gasteiger partial charge < -0.3 is 25.8 Å². The van der Waals surface area contributed by atoms with Crippen molar-refractivity contribution in [3.63, 3.8) is 0 Å². The number of halogens is 4. The fourth-order valence-corrected chi connectivity index (χ4v) is 6.80. The van der Waals surface area contributed by atoms with Crippen LogP contribution in [0.15, 0.2) is 54.6 Å². The highest BCUT2D eigenvalue weighted by atomic mass is 35.5. The molecule has 4 atom stereocenters.